The highest BCUT2D eigenvalue weighted by atomic mass is 35.5. The van der Waals surface area contributed by atoms with E-state index in [1.54, 1.807) is 12.1 Å². The van der Waals surface area contributed by atoms with Gasteiger partial charge in [-0.2, -0.15) is 0 Å². The molecular weight excluding hydrogens is 422 g/mol. The first-order valence-electron chi connectivity index (χ1n) is 12.7. The second kappa shape index (κ2) is 11.5. The van der Waals surface area contributed by atoms with E-state index in [0.717, 1.165) is 25.9 Å². The summed E-state index contributed by atoms with van der Waals surface area (Å²) in [5.41, 5.74) is 0.530. The summed E-state index contributed by atoms with van der Waals surface area (Å²) in [5.74, 6) is 0.230. The molecule has 0 spiro atoms. The smallest absolute Gasteiger partial charge is 0.253 e. The molecule has 32 heavy (non-hydrogen) atoms. The Balaban J connectivity index is 1.29. The van der Waals surface area contributed by atoms with Crippen molar-refractivity contribution < 1.29 is 9.59 Å². The van der Waals surface area contributed by atoms with Crippen molar-refractivity contribution in [3.8, 4) is 0 Å². The van der Waals surface area contributed by atoms with Crippen LogP contribution in [0.2, 0.25) is 5.02 Å². The lowest BCUT2D eigenvalue weighted by Gasteiger charge is -2.43. The highest BCUT2D eigenvalue weighted by molar-refractivity contribution is 6.33. The standard InChI is InChI=1S/C26H38ClN3O2/c27-24-14-8-7-13-23(24)26(32)28-20-15-17-29(18-16-20)19-25(31)30(21-9-3-1-4-10-21)22-11-5-2-6-12-22/h7-8,13-14,20-22H,1-6,9-12,15-19H2,(H,28,32). The van der Waals surface area contributed by atoms with Crippen LogP contribution in [0.15, 0.2) is 24.3 Å². The van der Waals surface area contributed by atoms with Gasteiger partial charge in [0.1, 0.15) is 0 Å². The number of rotatable bonds is 6. The van der Waals surface area contributed by atoms with Gasteiger partial charge in [-0.3, -0.25) is 14.5 Å². The Hall–Kier alpha value is -1.59. The summed E-state index contributed by atoms with van der Waals surface area (Å²) < 4.78 is 0. The van der Waals surface area contributed by atoms with Gasteiger partial charge in [-0.15, -0.1) is 0 Å². The normalized spacial score (nSPS) is 21.9. The Morgan fingerprint density at radius 1 is 0.875 bits per heavy atom. The van der Waals surface area contributed by atoms with Gasteiger partial charge in [0.15, 0.2) is 0 Å². The van der Waals surface area contributed by atoms with Crippen LogP contribution in [0.5, 0.6) is 0 Å². The molecule has 2 amide bonds. The summed E-state index contributed by atoms with van der Waals surface area (Å²) in [6.07, 6.45) is 14.1. The molecule has 0 radical (unpaired) electrons. The highest BCUT2D eigenvalue weighted by Gasteiger charge is 2.33. The van der Waals surface area contributed by atoms with Crippen LogP contribution in [-0.4, -0.2) is 59.4 Å². The van der Waals surface area contributed by atoms with Crippen LogP contribution in [-0.2, 0) is 4.79 Å². The summed E-state index contributed by atoms with van der Waals surface area (Å²) in [5, 5.41) is 3.62. The Bertz CT molecular complexity index is 748. The molecule has 3 fully saturated rings. The van der Waals surface area contributed by atoms with Crippen molar-refractivity contribution in [2.45, 2.75) is 95.2 Å². The van der Waals surface area contributed by atoms with Crippen LogP contribution in [0.1, 0.15) is 87.4 Å². The first kappa shape index (κ1) is 23.6. The number of nitrogens with one attached hydrogen (secondary N) is 1. The molecule has 2 aliphatic carbocycles. The van der Waals surface area contributed by atoms with E-state index in [9.17, 15) is 9.59 Å². The zero-order chi connectivity index (χ0) is 22.3. The lowest BCUT2D eigenvalue weighted by molar-refractivity contribution is -0.139. The molecule has 6 heteroatoms. The number of benzene rings is 1. The number of hydrogen-bond donors (Lipinski definition) is 1. The van der Waals surface area contributed by atoms with E-state index in [2.05, 4.69) is 15.1 Å². The second-order valence-electron chi connectivity index (χ2n) is 9.89. The molecule has 1 aromatic rings. The summed E-state index contributed by atoms with van der Waals surface area (Å²) in [7, 11) is 0. The number of halogens is 1. The van der Waals surface area contributed by atoms with E-state index < -0.39 is 0 Å². The lowest BCUT2D eigenvalue weighted by atomic mass is 9.88. The van der Waals surface area contributed by atoms with Crippen molar-refractivity contribution in [2.24, 2.45) is 0 Å². The maximum absolute atomic E-state index is 13.5. The zero-order valence-electron chi connectivity index (χ0n) is 19.2. The van der Waals surface area contributed by atoms with Gasteiger partial charge >= 0.3 is 0 Å². The number of nitrogens with zero attached hydrogens (tertiary/aromatic N) is 2. The summed E-state index contributed by atoms with van der Waals surface area (Å²) in [4.78, 5) is 30.7. The molecule has 2 saturated carbocycles. The monoisotopic (exact) mass is 459 g/mol. The Kier molecular flexibility index (Phi) is 8.48. The van der Waals surface area contributed by atoms with Crippen molar-refractivity contribution in [3.05, 3.63) is 34.9 Å². The molecule has 1 saturated heterocycles. The number of carbonyl (C=O) groups is 2. The van der Waals surface area contributed by atoms with Crippen LogP contribution in [0.25, 0.3) is 0 Å². The molecule has 4 rings (SSSR count). The first-order valence-corrected chi connectivity index (χ1v) is 13.1. The molecule has 1 N–H and O–H groups in total. The van der Waals surface area contributed by atoms with Crippen LogP contribution < -0.4 is 5.32 Å². The Morgan fingerprint density at radius 3 is 2.00 bits per heavy atom. The van der Waals surface area contributed by atoms with Gasteiger partial charge in [0.25, 0.3) is 5.91 Å². The summed E-state index contributed by atoms with van der Waals surface area (Å²) >= 11 is 6.16. The molecule has 1 aromatic carbocycles. The molecule has 1 aliphatic heterocycles. The van der Waals surface area contributed by atoms with Gasteiger partial charge in [-0.05, 0) is 50.7 Å². The van der Waals surface area contributed by atoms with Crippen molar-refractivity contribution in [2.75, 3.05) is 19.6 Å². The average molecular weight is 460 g/mol. The van der Waals surface area contributed by atoms with E-state index in [-0.39, 0.29) is 11.9 Å². The van der Waals surface area contributed by atoms with E-state index in [1.807, 2.05) is 12.1 Å². The molecule has 0 unspecified atom stereocenters. The minimum absolute atomic E-state index is 0.106. The van der Waals surface area contributed by atoms with Crippen LogP contribution in [0, 0.1) is 0 Å². The number of carbonyl (C=O) groups excluding carboxylic acids is 2. The molecule has 0 aromatic heterocycles. The predicted molar refractivity (Wildman–Crippen MR) is 129 cm³/mol. The molecule has 0 bridgehead atoms. The van der Waals surface area contributed by atoms with Crippen LogP contribution >= 0.6 is 11.6 Å². The fraction of sp³-hybridized carbons (Fsp3) is 0.692. The minimum Gasteiger partial charge on any atom is -0.349 e. The van der Waals surface area contributed by atoms with Crippen LogP contribution in [0.4, 0.5) is 0 Å². The van der Waals surface area contributed by atoms with Gasteiger partial charge in [0.2, 0.25) is 5.91 Å². The predicted octanol–water partition coefficient (Wildman–Crippen LogP) is 5.03. The maximum atomic E-state index is 13.5. The first-order chi connectivity index (χ1) is 15.6. The van der Waals surface area contributed by atoms with Crippen molar-refractivity contribution in [1.29, 1.82) is 0 Å². The van der Waals surface area contributed by atoms with Crippen molar-refractivity contribution in [3.63, 3.8) is 0 Å². The van der Waals surface area contributed by atoms with E-state index in [4.69, 9.17) is 11.6 Å². The van der Waals surface area contributed by atoms with Gasteiger partial charge in [0, 0.05) is 31.2 Å². The summed E-state index contributed by atoms with van der Waals surface area (Å²) in [6.45, 7) is 2.23. The molecule has 0 atom stereocenters. The molecule has 5 nitrogen and oxygen atoms in total. The zero-order valence-corrected chi connectivity index (χ0v) is 20.0. The van der Waals surface area contributed by atoms with Gasteiger partial charge in [-0.1, -0.05) is 62.3 Å². The van der Waals surface area contributed by atoms with Crippen molar-refractivity contribution in [1.82, 2.24) is 15.1 Å². The molecular formula is C26H38ClN3O2. The highest BCUT2D eigenvalue weighted by Crippen LogP contribution is 2.30. The third-order valence-corrected chi connectivity index (χ3v) is 7.95. The summed E-state index contributed by atoms with van der Waals surface area (Å²) in [6, 6.07) is 8.21. The fourth-order valence-corrected chi connectivity index (χ4v) is 6.06. The number of amides is 2. The minimum atomic E-state index is -0.106. The third-order valence-electron chi connectivity index (χ3n) is 7.62. The van der Waals surface area contributed by atoms with Gasteiger partial charge < -0.3 is 10.2 Å². The Labute approximate surface area is 197 Å². The third kappa shape index (κ3) is 6.05. The SMILES string of the molecule is O=C(NC1CCN(CC(=O)N(C2CCCCC2)C2CCCCC2)CC1)c1ccccc1Cl. The average Bonchev–Trinajstić information content (AvgIpc) is 2.82. The topological polar surface area (TPSA) is 52.7 Å². The Morgan fingerprint density at radius 2 is 1.44 bits per heavy atom. The number of piperidine rings is 1. The van der Waals surface area contributed by atoms with E-state index in [0.29, 0.717) is 35.1 Å². The number of hydrogen-bond acceptors (Lipinski definition) is 3. The van der Waals surface area contributed by atoms with Gasteiger partial charge in [-0.25, -0.2) is 0 Å². The van der Waals surface area contributed by atoms with E-state index in [1.165, 1.54) is 64.2 Å². The maximum Gasteiger partial charge on any atom is 0.253 e. The quantitative estimate of drug-likeness (QED) is 0.649. The molecule has 176 valence electrons. The molecule has 1 heterocycles. The lowest BCUT2D eigenvalue weighted by Crippen LogP contribution is -2.53. The fourth-order valence-electron chi connectivity index (χ4n) is 5.84. The van der Waals surface area contributed by atoms with Crippen molar-refractivity contribution >= 4 is 23.4 Å². The molecule has 3 aliphatic rings. The largest absolute Gasteiger partial charge is 0.349 e. The number of likely N-dealkylation sites (tertiary alicyclic amines) is 1. The van der Waals surface area contributed by atoms with Crippen LogP contribution in [0.3, 0.4) is 0 Å². The van der Waals surface area contributed by atoms with Gasteiger partial charge in [0.05, 0.1) is 17.1 Å². The van der Waals surface area contributed by atoms with E-state index >= 15 is 0 Å². The second-order valence-corrected chi connectivity index (χ2v) is 10.3.